The van der Waals surface area contributed by atoms with Crippen molar-refractivity contribution in [2.45, 2.75) is 26.3 Å². The molecule has 2 N–H and O–H groups in total. The van der Waals surface area contributed by atoms with Gasteiger partial charge >= 0.3 is 5.97 Å². The standard InChI is InChI=1S/C9H15N3O2/c1-9(2,3)11-6-5-12(4)7(10-6)8(13)14/h5,11H,1-4H3,(H,13,14). The normalized spacial score (nSPS) is 11.4. The van der Waals surface area contributed by atoms with Crippen LogP contribution >= 0.6 is 0 Å². The minimum atomic E-state index is -1.02. The van der Waals surface area contributed by atoms with E-state index < -0.39 is 5.97 Å². The molecule has 78 valence electrons. The zero-order valence-corrected chi connectivity index (χ0v) is 8.83. The second kappa shape index (κ2) is 3.32. The Labute approximate surface area is 82.8 Å². The van der Waals surface area contributed by atoms with Crippen molar-refractivity contribution in [3.8, 4) is 0 Å². The minimum absolute atomic E-state index is 0.0387. The van der Waals surface area contributed by atoms with Crippen molar-refractivity contribution in [1.29, 1.82) is 0 Å². The average molecular weight is 197 g/mol. The molecule has 1 heterocycles. The molecule has 0 aliphatic carbocycles. The third-order valence-electron chi connectivity index (χ3n) is 1.57. The summed E-state index contributed by atoms with van der Waals surface area (Å²) >= 11 is 0. The SMILES string of the molecule is Cn1cc(NC(C)(C)C)nc1C(=O)O. The third kappa shape index (κ3) is 2.48. The Morgan fingerprint density at radius 3 is 2.50 bits per heavy atom. The van der Waals surface area contributed by atoms with Crippen molar-refractivity contribution in [2.75, 3.05) is 5.32 Å². The van der Waals surface area contributed by atoms with Crippen molar-refractivity contribution in [2.24, 2.45) is 7.05 Å². The van der Waals surface area contributed by atoms with E-state index >= 15 is 0 Å². The van der Waals surface area contributed by atoms with Crippen LogP contribution in [-0.2, 0) is 7.05 Å². The lowest BCUT2D eigenvalue weighted by Crippen LogP contribution is -2.26. The molecule has 5 heteroatoms. The van der Waals surface area contributed by atoms with E-state index in [1.54, 1.807) is 13.2 Å². The van der Waals surface area contributed by atoms with Gasteiger partial charge in [0.15, 0.2) is 0 Å². The van der Waals surface area contributed by atoms with Gasteiger partial charge in [0, 0.05) is 18.8 Å². The van der Waals surface area contributed by atoms with Gasteiger partial charge in [-0.1, -0.05) is 0 Å². The second-order valence-corrected chi connectivity index (χ2v) is 4.24. The molecule has 0 fully saturated rings. The Kier molecular flexibility index (Phi) is 2.51. The van der Waals surface area contributed by atoms with E-state index in [4.69, 9.17) is 5.11 Å². The van der Waals surface area contributed by atoms with Crippen LogP contribution in [0.15, 0.2) is 6.20 Å². The molecule has 1 aromatic rings. The van der Waals surface area contributed by atoms with Crippen LogP contribution in [0.1, 0.15) is 31.4 Å². The van der Waals surface area contributed by atoms with E-state index in [2.05, 4.69) is 10.3 Å². The fourth-order valence-electron chi connectivity index (χ4n) is 1.11. The predicted molar refractivity (Wildman–Crippen MR) is 53.5 cm³/mol. The molecular weight excluding hydrogens is 182 g/mol. The molecule has 5 nitrogen and oxygen atoms in total. The number of nitrogens with zero attached hydrogens (tertiary/aromatic N) is 2. The van der Waals surface area contributed by atoms with Gasteiger partial charge in [-0.3, -0.25) is 0 Å². The second-order valence-electron chi connectivity index (χ2n) is 4.24. The summed E-state index contributed by atoms with van der Waals surface area (Å²) in [6.45, 7) is 5.96. The summed E-state index contributed by atoms with van der Waals surface area (Å²) in [7, 11) is 1.66. The largest absolute Gasteiger partial charge is 0.475 e. The molecule has 0 aliphatic heterocycles. The van der Waals surface area contributed by atoms with Gasteiger partial charge in [0.25, 0.3) is 0 Å². The van der Waals surface area contributed by atoms with Crippen molar-refractivity contribution in [3.05, 3.63) is 12.0 Å². The number of hydrogen-bond donors (Lipinski definition) is 2. The molecule has 0 saturated carbocycles. The average Bonchev–Trinajstić information content (AvgIpc) is 2.26. The molecule has 0 unspecified atom stereocenters. The summed E-state index contributed by atoms with van der Waals surface area (Å²) < 4.78 is 1.48. The predicted octanol–water partition coefficient (Wildman–Crippen LogP) is 1.33. The van der Waals surface area contributed by atoms with E-state index in [0.717, 1.165) is 0 Å². The highest BCUT2D eigenvalue weighted by atomic mass is 16.4. The molecule has 0 amide bonds. The Balaban J connectivity index is 2.92. The van der Waals surface area contributed by atoms with Crippen LogP contribution in [0.4, 0.5) is 5.82 Å². The highest BCUT2D eigenvalue weighted by Gasteiger charge is 2.15. The highest BCUT2D eigenvalue weighted by Crippen LogP contribution is 2.13. The van der Waals surface area contributed by atoms with Crippen LogP contribution < -0.4 is 5.32 Å². The van der Waals surface area contributed by atoms with Crippen molar-refractivity contribution in [3.63, 3.8) is 0 Å². The van der Waals surface area contributed by atoms with Crippen molar-refractivity contribution in [1.82, 2.24) is 9.55 Å². The van der Waals surface area contributed by atoms with Crippen LogP contribution in [0.5, 0.6) is 0 Å². The molecule has 0 radical (unpaired) electrons. The van der Waals surface area contributed by atoms with E-state index in [0.29, 0.717) is 5.82 Å². The van der Waals surface area contributed by atoms with Crippen molar-refractivity contribution < 1.29 is 9.90 Å². The van der Waals surface area contributed by atoms with Gasteiger partial charge in [0.1, 0.15) is 5.82 Å². The fraction of sp³-hybridized carbons (Fsp3) is 0.556. The smallest absolute Gasteiger partial charge is 0.372 e. The first kappa shape index (κ1) is 10.6. The number of carboxylic acid groups (broad SMARTS) is 1. The first-order valence-corrected chi connectivity index (χ1v) is 4.34. The first-order chi connectivity index (χ1) is 6.29. The molecule has 14 heavy (non-hydrogen) atoms. The van der Waals surface area contributed by atoms with Crippen LogP contribution in [-0.4, -0.2) is 26.2 Å². The number of aryl methyl sites for hydroxylation is 1. The van der Waals surface area contributed by atoms with Crippen LogP contribution in [0.3, 0.4) is 0 Å². The van der Waals surface area contributed by atoms with Gasteiger partial charge in [-0.2, -0.15) is 0 Å². The monoisotopic (exact) mass is 197 g/mol. The van der Waals surface area contributed by atoms with Gasteiger partial charge in [-0.15, -0.1) is 0 Å². The number of nitrogens with one attached hydrogen (secondary N) is 1. The topological polar surface area (TPSA) is 67.2 Å². The number of anilines is 1. The van der Waals surface area contributed by atoms with E-state index in [9.17, 15) is 4.79 Å². The lowest BCUT2D eigenvalue weighted by Gasteiger charge is -2.19. The number of aromatic carboxylic acids is 1. The number of carboxylic acids is 1. The molecule has 0 aromatic carbocycles. The molecule has 1 rings (SSSR count). The summed E-state index contributed by atoms with van der Waals surface area (Å²) in [5.41, 5.74) is -0.121. The molecule has 0 bridgehead atoms. The van der Waals surface area contributed by atoms with E-state index in [-0.39, 0.29) is 11.4 Å². The number of aromatic nitrogens is 2. The zero-order valence-electron chi connectivity index (χ0n) is 8.83. The van der Waals surface area contributed by atoms with Gasteiger partial charge in [-0.25, -0.2) is 9.78 Å². The zero-order chi connectivity index (χ0) is 10.9. The van der Waals surface area contributed by atoms with E-state index in [1.807, 2.05) is 20.8 Å². The number of hydrogen-bond acceptors (Lipinski definition) is 3. The van der Waals surface area contributed by atoms with Gasteiger partial charge in [0.2, 0.25) is 5.82 Å². The molecule has 0 atom stereocenters. The van der Waals surface area contributed by atoms with Gasteiger partial charge in [0.05, 0.1) is 0 Å². The Bertz CT molecular complexity index is 349. The molecular formula is C9H15N3O2. The van der Waals surface area contributed by atoms with Crippen LogP contribution in [0.25, 0.3) is 0 Å². The lowest BCUT2D eigenvalue weighted by atomic mass is 10.1. The molecule has 1 aromatic heterocycles. The fourth-order valence-corrected chi connectivity index (χ4v) is 1.11. The number of rotatable bonds is 2. The quantitative estimate of drug-likeness (QED) is 0.750. The molecule has 0 spiro atoms. The summed E-state index contributed by atoms with van der Waals surface area (Å²) in [5.74, 6) is -0.399. The molecule has 0 saturated heterocycles. The van der Waals surface area contributed by atoms with E-state index in [1.165, 1.54) is 4.57 Å². The Hall–Kier alpha value is -1.52. The first-order valence-electron chi connectivity index (χ1n) is 4.34. The maximum atomic E-state index is 10.7. The summed E-state index contributed by atoms with van der Waals surface area (Å²) in [5, 5.41) is 11.9. The number of carbonyl (C=O) groups is 1. The minimum Gasteiger partial charge on any atom is -0.475 e. The maximum Gasteiger partial charge on any atom is 0.372 e. The van der Waals surface area contributed by atoms with Crippen LogP contribution in [0.2, 0.25) is 0 Å². The summed E-state index contributed by atoms with van der Waals surface area (Å²) in [6.07, 6.45) is 1.66. The summed E-state index contributed by atoms with van der Waals surface area (Å²) in [4.78, 5) is 14.6. The van der Waals surface area contributed by atoms with Gasteiger partial charge in [-0.05, 0) is 20.8 Å². The van der Waals surface area contributed by atoms with Crippen molar-refractivity contribution >= 4 is 11.8 Å². The maximum absolute atomic E-state index is 10.7. The number of imidazole rings is 1. The highest BCUT2D eigenvalue weighted by molar-refractivity contribution is 5.84. The Morgan fingerprint density at radius 1 is 1.57 bits per heavy atom. The molecule has 0 aliphatic rings. The van der Waals surface area contributed by atoms with Gasteiger partial charge < -0.3 is 15.0 Å². The lowest BCUT2D eigenvalue weighted by molar-refractivity contribution is 0.0680. The summed E-state index contributed by atoms with van der Waals surface area (Å²) in [6, 6.07) is 0. The Morgan fingerprint density at radius 2 is 2.14 bits per heavy atom. The third-order valence-corrected chi connectivity index (χ3v) is 1.57. The van der Waals surface area contributed by atoms with Crippen LogP contribution in [0, 0.1) is 0 Å².